The van der Waals surface area contributed by atoms with E-state index < -0.39 is 17.0 Å². The summed E-state index contributed by atoms with van der Waals surface area (Å²) in [7, 11) is 0. The molecule has 0 amide bonds. The minimum Gasteiger partial charge on any atom is -0.313 e. The monoisotopic (exact) mass is 289 g/mol. The van der Waals surface area contributed by atoms with E-state index in [2.05, 4.69) is 4.98 Å². The summed E-state index contributed by atoms with van der Waals surface area (Å²) < 4.78 is 0.736. The van der Waals surface area contributed by atoms with Gasteiger partial charge in [-0.25, -0.2) is 9.36 Å². The van der Waals surface area contributed by atoms with Crippen molar-refractivity contribution >= 4 is 17.4 Å². The van der Waals surface area contributed by atoms with Crippen molar-refractivity contribution < 1.29 is 4.79 Å². The van der Waals surface area contributed by atoms with Gasteiger partial charge in [-0.2, -0.15) is 5.26 Å². The molecule has 2 aromatic rings. The van der Waals surface area contributed by atoms with Crippen LogP contribution in [0.15, 0.2) is 34.0 Å². The lowest BCUT2D eigenvalue weighted by Crippen LogP contribution is -2.36. The van der Waals surface area contributed by atoms with Crippen LogP contribution in [0.25, 0.3) is 5.69 Å². The van der Waals surface area contributed by atoms with Crippen LogP contribution in [0.3, 0.4) is 0 Å². The van der Waals surface area contributed by atoms with Gasteiger partial charge in [-0.05, 0) is 25.1 Å². The fourth-order valence-corrected chi connectivity index (χ4v) is 1.90. The Labute approximate surface area is 117 Å². The predicted molar refractivity (Wildman–Crippen MR) is 72.4 cm³/mol. The van der Waals surface area contributed by atoms with Gasteiger partial charge in [0.05, 0.1) is 27.9 Å². The summed E-state index contributed by atoms with van der Waals surface area (Å²) in [5.41, 5.74) is -1.39. The van der Waals surface area contributed by atoms with Gasteiger partial charge < -0.3 is 4.98 Å². The highest BCUT2D eigenvalue weighted by Gasteiger charge is 2.15. The molecule has 2 rings (SSSR count). The van der Waals surface area contributed by atoms with Crippen LogP contribution in [0.1, 0.15) is 22.8 Å². The Morgan fingerprint density at radius 2 is 2.10 bits per heavy atom. The number of H-pyrrole nitrogens is 1. The highest BCUT2D eigenvalue weighted by molar-refractivity contribution is 6.32. The molecule has 0 aliphatic rings. The lowest BCUT2D eigenvalue weighted by molar-refractivity contribution is 0.101. The Hall–Kier alpha value is -2.65. The molecule has 0 saturated carbocycles. The molecule has 0 unspecified atom stereocenters. The van der Waals surface area contributed by atoms with Crippen LogP contribution < -0.4 is 11.2 Å². The topological polar surface area (TPSA) is 95.7 Å². The Kier molecular flexibility index (Phi) is 3.55. The van der Waals surface area contributed by atoms with Crippen molar-refractivity contribution in [3.8, 4) is 11.8 Å². The van der Waals surface area contributed by atoms with Crippen molar-refractivity contribution in [3.05, 3.63) is 61.4 Å². The molecule has 0 bridgehead atoms. The third-order valence-electron chi connectivity index (χ3n) is 2.67. The maximum absolute atomic E-state index is 12.2. The number of benzene rings is 1. The first kappa shape index (κ1) is 13.8. The van der Waals surface area contributed by atoms with E-state index in [1.165, 1.54) is 25.1 Å². The number of hydrogen-bond donors (Lipinski definition) is 1. The summed E-state index contributed by atoms with van der Waals surface area (Å²) in [4.78, 5) is 37.6. The van der Waals surface area contributed by atoms with Gasteiger partial charge in [-0.15, -0.1) is 0 Å². The van der Waals surface area contributed by atoms with Crippen molar-refractivity contribution in [2.45, 2.75) is 6.92 Å². The summed E-state index contributed by atoms with van der Waals surface area (Å²) in [6, 6.07) is 6.06. The largest absolute Gasteiger partial charge is 0.333 e. The fourth-order valence-electron chi connectivity index (χ4n) is 1.70. The predicted octanol–water partition coefficient (Wildman–Crippen LogP) is 1.25. The van der Waals surface area contributed by atoms with E-state index in [1.807, 2.05) is 6.07 Å². The second kappa shape index (κ2) is 5.15. The van der Waals surface area contributed by atoms with Crippen molar-refractivity contribution in [3.63, 3.8) is 0 Å². The molecule has 1 heterocycles. The summed E-state index contributed by atoms with van der Waals surface area (Å²) in [5.74, 6) is -0.479. The first-order valence-corrected chi connectivity index (χ1v) is 5.89. The number of ketones is 1. The molecule has 7 heteroatoms. The Morgan fingerprint density at radius 3 is 2.70 bits per heavy atom. The molecule has 1 aromatic heterocycles. The molecule has 0 radical (unpaired) electrons. The van der Waals surface area contributed by atoms with E-state index in [-0.39, 0.29) is 21.8 Å². The number of aromatic amines is 1. The first-order valence-electron chi connectivity index (χ1n) is 5.51. The van der Waals surface area contributed by atoms with Gasteiger partial charge in [-0.1, -0.05) is 11.6 Å². The van der Waals surface area contributed by atoms with Gasteiger partial charge in [0, 0.05) is 6.20 Å². The van der Waals surface area contributed by atoms with Crippen molar-refractivity contribution in [2.24, 2.45) is 0 Å². The number of halogens is 1. The SMILES string of the molecule is CC(=O)c1c[nH]c(=O)n(-c2cc(C#N)ccc2Cl)c1=O. The zero-order chi connectivity index (χ0) is 14.9. The summed E-state index contributed by atoms with van der Waals surface area (Å²) in [6.45, 7) is 1.21. The molecule has 1 N–H and O–H groups in total. The lowest BCUT2D eigenvalue weighted by atomic mass is 10.2. The molecule has 0 spiro atoms. The van der Waals surface area contributed by atoms with Gasteiger partial charge in [-0.3, -0.25) is 9.59 Å². The number of nitrogens with zero attached hydrogens (tertiary/aromatic N) is 2. The molecule has 1 aromatic carbocycles. The summed E-state index contributed by atoms with van der Waals surface area (Å²) in [6.07, 6.45) is 1.06. The van der Waals surface area contributed by atoms with Crippen LogP contribution in [0, 0.1) is 11.3 Å². The number of carbonyl (C=O) groups excluding carboxylic acids is 1. The van der Waals surface area contributed by atoms with Crippen LogP contribution in [-0.4, -0.2) is 15.3 Å². The number of hydrogen-bond acceptors (Lipinski definition) is 4. The molecule has 0 fully saturated rings. The smallest absolute Gasteiger partial charge is 0.313 e. The van der Waals surface area contributed by atoms with Gasteiger partial charge >= 0.3 is 5.69 Å². The fraction of sp³-hybridized carbons (Fsp3) is 0.0769. The van der Waals surface area contributed by atoms with Crippen molar-refractivity contribution in [1.82, 2.24) is 9.55 Å². The number of Topliss-reactive ketones (excluding diaryl/α,β-unsaturated/α-hetero) is 1. The van der Waals surface area contributed by atoms with Crippen LogP contribution in [0.5, 0.6) is 0 Å². The standard InChI is InChI=1S/C13H8ClN3O3/c1-7(18)9-6-16-13(20)17(12(9)19)11-4-8(5-15)2-3-10(11)14/h2-4,6H,1H3,(H,16,20). The average Bonchev–Trinajstić information content (AvgIpc) is 2.40. The van der Waals surface area contributed by atoms with Gasteiger partial charge in [0.25, 0.3) is 5.56 Å². The molecule has 6 nitrogen and oxygen atoms in total. The van der Waals surface area contributed by atoms with Crippen LogP contribution in [0.4, 0.5) is 0 Å². The molecule has 0 aliphatic heterocycles. The second-order valence-corrected chi connectivity index (χ2v) is 4.39. The molecule has 20 heavy (non-hydrogen) atoms. The number of nitriles is 1. The number of carbonyl (C=O) groups is 1. The van der Waals surface area contributed by atoms with E-state index in [0.29, 0.717) is 0 Å². The van der Waals surface area contributed by atoms with E-state index in [0.717, 1.165) is 10.8 Å². The number of aromatic nitrogens is 2. The quantitative estimate of drug-likeness (QED) is 0.842. The summed E-state index contributed by atoms with van der Waals surface area (Å²) >= 11 is 5.96. The minimum atomic E-state index is -0.779. The zero-order valence-electron chi connectivity index (χ0n) is 10.3. The third-order valence-corrected chi connectivity index (χ3v) is 2.99. The molecule has 0 atom stereocenters. The molecular formula is C13H8ClN3O3. The third kappa shape index (κ3) is 2.27. The van der Waals surface area contributed by atoms with Gasteiger partial charge in [0.1, 0.15) is 0 Å². The van der Waals surface area contributed by atoms with E-state index in [1.54, 1.807) is 0 Å². The Bertz CT molecular complexity index is 858. The second-order valence-electron chi connectivity index (χ2n) is 3.98. The van der Waals surface area contributed by atoms with Gasteiger partial charge in [0.15, 0.2) is 5.78 Å². The normalized spacial score (nSPS) is 10.1. The number of nitrogens with one attached hydrogen (secondary N) is 1. The minimum absolute atomic E-state index is 0.0556. The molecule has 100 valence electrons. The first-order chi connectivity index (χ1) is 9.45. The highest BCUT2D eigenvalue weighted by atomic mass is 35.5. The van der Waals surface area contributed by atoms with Crippen molar-refractivity contribution in [2.75, 3.05) is 0 Å². The van der Waals surface area contributed by atoms with Crippen LogP contribution in [-0.2, 0) is 0 Å². The highest BCUT2D eigenvalue weighted by Crippen LogP contribution is 2.19. The lowest BCUT2D eigenvalue weighted by Gasteiger charge is -2.08. The summed E-state index contributed by atoms with van der Waals surface area (Å²) in [5, 5.41) is 8.98. The van der Waals surface area contributed by atoms with Crippen LogP contribution >= 0.6 is 11.6 Å². The maximum atomic E-state index is 12.2. The van der Waals surface area contributed by atoms with Crippen molar-refractivity contribution in [1.29, 1.82) is 5.26 Å². The Balaban J connectivity index is 2.87. The van der Waals surface area contributed by atoms with Crippen LogP contribution in [0.2, 0.25) is 5.02 Å². The maximum Gasteiger partial charge on any atom is 0.333 e. The molecule has 0 saturated heterocycles. The molecular weight excluding hydrogens is 282 g/mol. The Morgan fingerprint density at radius 1 is 1.40 bits per heavy atom. The average molecular weight is 290 g/mol. The van der Waals surface area contributed by atoms with E-state index >= 15 is 0 Å². The zero-order valence-corrected chi connectivity index (χ0v) is 11.1. The van der Waals surface area contributed by atoms with Gasteiger partial charge in [0.2, 0.25) is 0 Å². The number of rotatable bonds is 2. The molecule has 0 aliphatic carbocycles. The van der Waals surface area contributed by atoms with E-state index in [4.69, 9.17) is 16.9 Å². The van der Waals surface area contributed by atoms with E-state index in [9.17, 15) is 14.4 Å².